The van der Waals surface area contributed by atoms with Gasteiger partial charge in [0.2, 0.25) is 0 Å². The van der Waals surface area contributed by atoms with E-state index in [1.807, 2.05) is 0 Å². The SMILES string of the molecule is O=C(Nc1cccnc1Br)c1ccc(Cl)nn1. The van der Waals surface area contributed by atoms with Crippen molar-refractivity contribution in [2.45, 2.75) is 0 Å². The van der Waals surface area contributed by atoms with Crippen LogP contribution in [0.4, 0.5) is 5.69 Å². The van der Waals surface area contributed by atoms with Crippen molar-refractivity contribution in [1.82, 2.24) is 15.2 Å². The molecule has 2 heterocycles. The molecule has 0 unspecified atom stereocenters. The molecule has 7 heteroatoms. The number of rotatable bonds is 2. The lowest BCUT2D eigenvalue weighted by Crippen LogP contribution is -2.14. The van der Waals surface area contributed by atoms with E-state index in [1.54, 1.807) is 18.3 Å². The Balaban J connectivity index is 2.17. The molecule has 0 aliphatic rings. The van der Waals surface area contributed by atoms with Gasteiger partial charge in [0.15, 0.2) is 10.8 Å². The van der Waals surface area contributed by atoms with Gasteiger partial charge in [-0.2, -0.15) is 0 Å². The number of nitrogens with one attached hydrogen (secondary N) is 1. The minimum Gasteiger partial charge on any atom is -0.318 e. The topological polar surface area (TPSA) is 67.8 Å². The molecule has 2 aromatic heterocycles. The van der Waals surface area contributed by atoms with Crippen molar-refractivity contribution in [1.29, 1.82) is 0 Å². The molecule has 1 N–H and O–H groups in total. The van der Waals surface area contributed by atoms with E-state index in [4.69, 9.17) is 11.6 Å². The Labute approximate surface area is 110 Å². The molecule has 0 fully saturated rings. The summed E-state index contributed by atoms with van der Waals surface area (Å²) in [6.07, 6.45) is 1.61. The number of hydrogen-bond acceptors (Lipinski definition) is 4. The van der Waals surface area contributed by atoms with Crippen molar-refractivity contribution in [2.24, 2.45) is 0 Å². The summed E-state index contributed by atoms with van der Waals surface area (Å²) in [7, 11) is 0. The smallest absolute Gasteiger partial charge is 0.276 e. The molecule has 17 heavy (non-hydrogen) atoms. The number of amides is 1. The highest BCUT2D eigenvalue weighted by Gasteiger charge is 2.10. The second kappa shape index (κ2) is 5.20. The summed E-state index contributed by atoms with van der Waals surface area (Å²) in [5, 5.41) is 10.2. The first kappa shape index (κ1) is 11.9. The third kappa shape index (κ3) is 2.98. The molecule has 0 saturated heterocycles. The summed E-state index contributed by atoms with van der Waals surface area (Å²) in [5.74, 6) is -0.372. The summed E-state index contributed by atoms with van der Waals surface area (Å²) >= 11 is 8.80. The van der Waals surface area contributed by atoms with Crippen LogP contribution in [0, 0.1) is 0 Å². The molecule has 2 rings (SSSR count). The number of aromatic nitrogens is 3. The van der Waals surface area contributed by atoms with Gasteiger partial charge in [0.1, 0.15) is 4.60 Å². The van der Waals surface area contributed by atoms with E-state index in [1.165, 1.54) is 12.1 Å². The van der Waals surface area contributed by atoms with Gasteiger partial charge < -0.3 is 5.32 Å². The highest BCUT2D eigenvalue weighted by molar-refractivity contribution is 9.10. The van der Waals surface area contributed by atoms with Crippen LogP contribution >= 0.6 is 27.5 Å². The number of carbonyl (C=O) groups excluding carboxylic acids is 1. The summed E-state index contributed by atoms with van der Waals surface area (Å²) in [4.78, 5) is 15.8. The van der Waals surface area contributed by atoms with E-state index in [9.17, 15) is 4.79 Å². The third-order valence-electron chi connectivity index (χ3n) is 1.87. The van der Waals surface area contributed by atoms with Gasteiger partial charge in [-0.15, -0.1) is 10.2 Å². The van der Waals surface area contributed by atoms with Gasteiger partial charge in [-0.3, -0.25) is 4.79 Å². The zero-order valence-corrected chi connectivity index (χ0v) is 10.7. The fourth-order valence-corrected chi connectivity index (χ4v) is 1.55. The molecule has 5 nitrogen and oxygen atoms in total. The van der Waals surface area contributed by atoms with Crippen molar-refractivity contribution in [3.05, 3.63) is 45.9 Å². The molecular formula is C10H6BrClN4O. The van der Waals surface area contributed by atoms with E-state index in [-0.39, 0.29) is 16.8 Å². The van der Waals surface area contributed by atoms with E-state index in [0.29, 0.717) is 10.3 Å². The molecule has 0 saturated carbocycles. The Kier molecular flexibility index (Phi) is 3.65. The van der Waals surface area contributed by atoms with Crippen LogP contribution in [-0.2, 0) is 0 Å². The lowest BCUT2D eigenvalue weighted by Gasteiger charge is -2.05. The van der Waals surface area contributed by atoms with Gasteiger partial charge >= 0.3 is 0 Å². The first-order chi connectivity index (χ1) is 8.16. The van der Waals surface area contributed by atoms with Crippen LogP contribution in [0.25, 0.3) is 0 Å². The predicted octanol–water partition coefficient (Wildman–Crippen LogP) is 2.54. The molecular weight excluding hydrogens is 307 g/mol. The van der Waals surface area contributed by atoms with Gasteiger partial charge in [-0.1, -0.05) is 11.6 Å². The lowest BCUT2D eigenvalue weighted by atomic mass is 10.3. The molecule has 0 aliphatic heterocycles. The normalized spacial score (nSPS) is 10.0. The van der Waals surface area contributed by atoms with Crippen LogP contribution in [-0.4, -0.2) is 21.1 Å². The van der Waals surface area contributed by atoms with E-state index in [0.717, 1.165) is 0 Å². The minimum absolute atomic E-state index is 0.185. The Morgan fingerprint density at radius 3 is 2.76 bits per heavy atom. The van der Waals surface area contributed by atoms with Crippen LogP contribution < -0.4 is 5.32 Å². The molecule has 86 valence electrons. The maximum atomic E-state index is 11.8. The molecule has 0 atom stereocenters. The number of carbonyl (C=O) groups is 1. The van der Waals surface area contributed by atoms with Crippen LogP contribution in [0.5, 0.6) is 0 Å². The Hall–Kier alpha value is -1.53. The molecule has 0 radical (unpaired) electrons. The molecule has 0 bridgehead atoms. The summed E-state index contributed by atoms with van der Waals surface area (Å²) in [6, 6.07) is 6.43. The quantitative estimate of drug-likeness (QED) is 0.865. The van der Waals surface area contributed by atoms with Crippen LogP contribution in [0.2, 0.25) is 5.15 Å². The zero-order valence-electron chi connectivity index (χ0n) is 8.39. The molecule has 2 aromatic rings. The fraction of sp³-hybridized carbons (Fsp3) is 0. The Morgan fingerprint density at radius 2 is 2.12 bits per heavy atom. The lowest BCUT2D eigenvalue weighted by molar-refractivity contribution is 0.102. The molecule has 0 aromatic carbocycles. The van der Waals surface area contributed by atoms with E-state index in [2.05, 4.69) is 36.4 Å². The van der Waals surface area contributed by atoms with Crippen LogP contribution in [0.1, 0.15) is 10.5 Å². The highest BCUT2D eigenvalue weighted by atomic mass is 79.9. The van der Waals surface area contributed by atoms with Gasteiger partial charge in [0, 0.05) is 6.20 Å². The summed E-state index contributed by atoms with van der Waals surface area (Å²) < 4.78 is 0.551. The van der Waals surface area contributed by atoms with E-state index >= 15 is 0 Å². The maximum absolute atomic E-state index is 11.8. The molecule has 1 amide bonds. The summed E-state index contributed by atoms with van der Waals surface area (Å²) in [5.41, 5.74) is 0.749. The third-order valence-corrected chi connectivity index (χ3v) is 2.71. The number of anilines is 1. The number of hydrogen-bond donors (Lipinski definition) is 1. The van der Waals surface area contributed by atoms with Crippen molar-refractivity contribution < 1.29 is 4.79 Å². The Bertz CT molecular complexity index is 546. The van der Waals surface area contributed by atoms with Crippen LogP contribution in [0.3, 0.4) is 0 Å². The van der Waals surface area contributed by atoms with Crippen molar-refractivity contribution in [3.8, 4) is 0 Å². The minimum atomic E-state index is -0.372. The first-order valence-corrected chi connectivity index (χ1v) is 5.75. The zero-order chi connectivity index (χ0) is 12.3. The average molecular weight is 314 g/mol. The van der Waals surface area contributed by atoms with Gasteiger partial charge in [0.05, 0.1) is 5.69 Å². The largest absolute Gasteiger partial charge is 0.318 e. The van der Waals surface area contributed by atoms with Gasteiger partial charge in [-0.05, 0) is 40.2 Å². The summed E-state index contributed by atoms with van der Waals surface area (Å²) in [6.45, 7) is 0. The highest BCUT2D eigenvalue weighted by Crippen LogP contribution is 2.18. The van der Waals surface area contributed by atoms with Gasteiger partial charge in [-0.25, -0.2) is 4.98 Å². The maximum Gasteiger partial charge on any atom is 0.276 e. The van der Waals surface area contributed by atoms with E-state index < -0.39 is 0 Å². The Morgan fingerprint density at radius 1 is 1.29 bits per heavy atom. The van der Waals surface area contributed by atoms with Gasteiger partial charge in [0.25, 0.3) is 5.91 Å². The first-order valence-electron chi connectivity index (χ1n) is 4.58. The predicted molar refractivity (Wildman–Crippen MR) is 66.9 cm³/mol. The standard InChI is InChI=1S/C10H6BrClN4O/c11-9-6(2-1-5-13-9)14-10(17)7-3-4-8(12)16-15-7/h1-5H,(H,14,17). The second-order valence-electron chi connectivity index (χ2n) is 3.04. The number of nitrogens with zero attached hydrogens (tertiary/aromatic N) is 3. The van der Waals surface area contributed by atoms with Crippen molar-refractivity contribution >= 4 is 39.1 Å². The fourth-order valence-electron chi connectivity index (χ4n) is 1.10. The van der Waals surface area contributed by atoms with Crippen LogP contribution in [0.15, 0.2) is 35.1 Å². The molecule has 0 spiro atoms. The average Bonchev–Trinajstić information content (AvgIpc) is 2.33. The van der Waals surface area contributed by atoms with Crippen molar-refractivity contribution in [3.63, 3.8) is 0 Å². The molecule has 0 aliphatic carbocycles. The number of pyridine rings is 1. The van der Waals surface area contributed by atoms with Crippen molar-refractivity contribution in [2.75, 3.05) is 5.32 Å². The monoisotopic (exact) mass is 312 g/mol. The second-order valence-corrected chi connectivity index (χ2v) is 4.18. The number of halogens is 2.